The van der Waals surface area contributed by atoms with Gasteiger partial charge in [-0.2, -0.15) is 0 Å². The van der Waals surface area contributed by atoms with Gasteiger partial charge in [0, 0.05) is 24.5 Å². The van der Waals surface area contributed by atoms with E-state index in [1.165, 1.54) is 28.8 Å². The van der Waals surface area contributed by atoms with Gasteiger partial charge in [0.25, 0.3) is 11.7 Å². The first-order chi connectivity index (χ1) is 14.1. The Morgan fingerprint density at radius 1 is 1.07 bits per heavy atom. The number of anilines is 2. The minimum atomic E-state index is -0.907. The summed E-state index contributed by atoms with van der Waals surface area (Å²) in [5.74, 6) is -2.50. The summed E-state index contributed by atoms with van der Waals surface area (Å²) in [6.45, 7) is 6.54. The van der Waals surface area contributed by atoms with E-state index in [9.17, 15) is 18.8 Å². The molecule has 0 saturated carbocycles. The lowest BCUT2D eigenvalue weighted by atomic mass is 10.1. The van der Waals surface area contributed by atoms with Crippen LogP contribution in [0.3, 0.4) is 0 Å². The molecule has 3 rings (SSSR count). The zero-order valence-corrected chi connectivity index (χ0v) is 17.2. The van der Waals surface area contributed by atoms with E-state index >= 15 is 0 Å². The average Bonchev–Trinajstić information content (AvgIpc) is 3.18. The third kappa shape index (κ3) is 3.86. The van der Waals surface area contributed by atoms with Crippen molar-refractivity contribution in [2.24, 2.45) is 7.05 Å². The number of carbonyl (C=O) groups is 3. The molecule has 1 aromatic carbocycles. The molecule has 0 unspecified atom stereocenters. The number of nitrogens with zero attached hydrogens (tertiary/aromatic N) is 2. The number of hydrogen-bond donors (Lipinski definition) is 2. The Hall–Kier alpha value is -3.75. The van der Waals surface area contributed by atoms with Gasteiger partial charge < -0.3 is 14.4 Å². The molecule has 0 spiro atoms. The quantitative estimate of drug-likeness (QED) is 0.493. The zero-order chi connectivity index (χ0) is 22.2. The molecule has 0 radical (unpaired) electrons. The molecule has 3 aromatic rings. The van der Waals surface area contributed by atoms with Crippen LogP contribution >= 0.6 is 0 Å². The lowest BCUT2D eigenvalue weighted by Crippen LogP contribution is -2.25. The maximum absolute atomic E-state index is 13.5. The van der Waals surface area contributed by atoms with Crippen LogP contribution in [0.25, 0.3) is 0 Å². The number of Topliss-reactive ketones (excluding diaryl/α,β-unsaturated/α-hetero) is 1. The molecular formula is C21H21FN4O4. The zero-order valence-electron chi connectivity index (χ0n) is 17.2. The number of benzene rings is 1. The van der Waals surface area contributed by atoms with Gasteiger partial charge in [-0.25, -0.2) is 4.39 Å². The SMILES string of the molecule is Cc1cc(NC(=O)C(=O)c2c(C)c(C(=O)Nc3ccc(F)c(C)c3)c(C)n2C)on1. The van der Waals surface area contributed by atoms with E-state index < -0.39 is 17.6 Å². The van der Waals surface area contributed by atoms with Crippen molar-refractivity contribution >= 4 is 29.2 Å². The fraction of sp³-hybridized carbons (Fsp3) is 0.238. The van der Waals surface area contributed by atoms with E-state index in [1.54, 1.807) is 34.7 Å². The molecule has 0 fully saturated rings. The molecule has 0 atom stereocenters. The van der Waals surface area contributed by atoms with Crippen LogP contribution in [0, 0.1) is 33.5 Å². The number of carbonyl (C=O) groups excluding carboxylic acids is 3. The van der Waals surface area contributed by atoms with Crippen molar-refractivity contribution < 1.29 is 23.3 Å². The van der Waals surface area contributed by atoms with E-state index in [0.29, 0.717) is 28.2 Å². The topological polar surface area (TPSA) is 106 Å². The number of ketones is 1. The highest BCUT2D eigenvalue weighted by Gasteiger charge is 2.29. The highest BCUT2D eigenvalue weighted by molar-refractivity contribution is 6.46. The molecule has 9 heteroatoms. The van der Waals surface area contributed by atoms with Crippen LogP contribution in [0.4, 0.5) is 16.0 Å². The van der Waals surface area contributed by atoms with E-state index in [2.05, 4.69) is 15.8 Å². The molecule has 2 aromatic heterocycles. The van der Waals surface area contributed by atoms with Crippen molar-refractivity contribution in [2.75, 3.05) is 10.6 Å². The normalized spacial score (nSPS) is 10.7. The smallest absolute Gasteiger partial charge is 0.300 e. The number of aromatic nitrogens is 2. The number of nitrogens with one attached hydrogen (secondary N) is 2. The average molecular weight is 412 g/mol. The minimum absolute atomic E-state index is 0.0547. The van der Waals surface area contributed by atoms with Crippen molar-refractivity contribution in [3.63, 3.8) is 0 Å². The maximum atomic E-state index is 13.5. The molecule has 0 aliphatic carbocycles. The predicted molar refractivity (Wildman–Crippen MR) is 108 cm³/mol. The van der Waals surface area contributed by atoms with Crippen molar-refractivity contribution in [2.45, 2.75) is 27.7 Å². The molecule has 0 aliphatic heterocycles. The summed E-state index contributed by atoms with van der Waals surface area (Å²) in [6, 6.07) is 5.71. The van der Waals surface area contributed by atoms with Gasteiger partial charge in [-0.15, -0.1) is 0 Å². The summed E-state index contributed by atoms with van der Waals surface area (Å²) in [4.78, 5) is 38.0. The summed E-state index contributed by atoms with van der Waals surface area (Å²) in [6.07, 6.45) is 0. The Morgan fingerprint density at radius 2 is 1.77 bits per heavy atom. The second kappa shape index (κ2) is 7.94. The second-order valence-corrected chi connectivity index (χ2v) is 7.03. The predicted octanol–water partition coefficient (Wildman–Crippen LogP) is 3.46. The minimum Gasteiger partial charge on any atom is -0.344 e. The van der Waals surface area contributed by atoms with Crippen molar-refractivity contribution in [1.82, 2.24) is 9.72 Å². The van der Waals surface area contributed by atoms with Gasteiger partial charge in [-0.1, -0.05) is 5.16 Å². The van der Waals surface area contributed by atoms with Gasteiger partial charge in [-0.3, -0.25) is 19.7 Å². The molecule has 0 saturated heterocycles. The Balaban J connectivity index is 1.88. The standard InChI is InChI=1S/C21H21FN4O4/c1-10-8-14(6-7-15(10)22)23-20(28)17-12(3)18(26(5)13(17)4)19(27)21(29)24-16-9-11(2)25-30-16/h6-9H,1-5H3,(H,23,28)(H,24,29). The van der Waals surface area contributed by atoms with Crippen LogP contribution in [-0.4, -0.2) is 27.3 Å². The van der Waals surface area contributed by atoms with Gasteiger partial charge >= 0.3 is 5.91 Å². The van der Waals surface area contributed by atoms with Crippen molar-refractivity contribution in [3.8, 4) is 0 Å². The van der Waals surface area contributed by atoms with Crippen molar-refractivity contribution in [3.05, 3.63) is 63.9 Å². The molecular weight excluding hydrogens is 391 g/mol. The van der Waals surface area contributed by atoms with Gasteiger partial charge in [0.2, 0.25) is 5.88 Å². The first kappa shape index (κ1) is 21.0. The Bertz CT molecular complexity index is 1180. The summed E-state index contributed by atoms with van der Waals surface area (Å²) in [7, 11) is 1.60. The molecule has 0 bridgehead atoms. The third-order valence-corrected chi connectivity index (χ3v) is 4.86. The van der Waals surface area contributed by atoms with E-state index in [-0.39, 0.29) is 23.0 Å². The summed E-state index contributed by atoms with van der Waals surface area (Å²) in [5, 5.41) is 8.71. The molecule has 30 heavy (non-hydrogen) atoms. The number of aryl methyl sites for hydroxylation is 2. The highest BCUT2D eigenvalue weighted by Crippen LogP contribution is 2.24. The van der Waals surface area contributed by atoms with E-state index in [4.69, 9.17) is 4.52 Å². The number of hydrogen-bond acceptors (Lipinski definition) is 5. The fourth-order valence-electron chi connectivity index (χ4n) is 3.25. The van der Waals surface area contributed by atoms with Crippen LogP contribution in [0.1, 0.15) is 43.4 Å². The van der Waals surface area contributed by atoms with Gasteiger partial charge in [-0.05, 0) is 57.0 Å². The van der Waals surface area contributed by atoms with Crippen LogP contribution in [0.2, 0.25) is 0 Å². The molecule has 8 nitrogen and oxygen atoms in total. The third-order valence-electron chi connectivity index (χ3n) is 4.86. The van der Waals surface area contributed by atoms with Crippen LogP contribution in [-0.2, 0) is 11.8 Å². The van der Waals surface area contributed by atoms with Crippen LogP contribution in [0.5, 0.6) is 0 Å². The van der Waals surface area contributed by atoms with E-state index in [0.717, 1.165) is 0 Å². The molecule has 2 N–H and O–H groups in total. The van der Waals surface area contributed by atoms with Crippen LogP contribution in [0.15, 0.2) is 28.8 Å². The number of amides is 2. The van der Waals surface area contributed by atoms with Gasteiger partial charge in [0.15, 0.2) is 0 Å². The summed E-state index contributed by atoms with van der Waals surface area (Å²) in [5.41, 5.74) is 2.60. The van der Waals surface area contributed by atoms with Crippen LogP contribution < -0.4 is 10.6 Å². The number of rotatable bonds is 5. The summed E-state index contributed by atoms with van der Waals surface area (Å²) < 4.78 is 19.9. The van der Waals surface area contributed by atoms with E-state index in [1.807, 2.05) is 0 Å². The van der Waals surface area contributed by atoms with Gasteiger partial charge in [0.1, 0.15) is 5.82 Å². The monoisotopic (exact) mass is 412 g/mol. The Morgan fingerprint density at radius 3 is 2.37 bits per heavy atom. The maximum Gasteiger partial charge on any atom is 0.300 e. The molecule has 2 amide bonds. The first-order valence-corrected chi connectivity index (χ1v) is 9.12. The molecule has 156 valence electrons. The van der Waals surface area contributed by atoms with Gasteiger partial charge in [0.05, 0.1) is 17.0 Å². The second-order valence-electron chi connectivity index (χ2n) is 7.03. The lowest BCUT2D eigenvalue weighted by Gasteiger charge is -2.07. The molecule has 0 aliphatic rings. The highest BCUT2D eigenvalue weighted by atomic mass is 19.1. The largest absolute Gasteiger partial charge is 0.344 e. The number of halogens is 1. The molecule has 2 heterocycles. The Kier molecular flexibility index (Phi) is 5.55. The fourth-order valence-corrected chi connectivity index (χ4v) is 3.25. The lowest BCUT2D eigenvalue weighted by molar-refractivity contribution is -0.112. The first-order valence-electron chi connectivity index (χ1n) is 9.12. The van der Waals surface area contributed by atoms with Crippen molar-refractivity contribution in [1.29, 1.82) is 0 Å². The summed E-state index contributed by atoms with van der Waals surface area (Å²) >= 11 is 0. The Labute approximate surface area is 172 Å².